The highest BCUT2D eigenvalue weighted by Gasteiger charge is 2.05. The van der Waals surface area contributed by atoms with E-state index in [-0.39, 0.29) is 16.6 Å². The van der Waals surface area contributed by atoms with Crippen molar-refractivity contribution in [3.05, 3.63) is 41.6 Å². The number of carbonyl (C=O) groups is 1. The molecule has 2 nitrogen and oxygen atoms in total. The fourth-order valence-corrected chi connectivity index (χ4v) is 1.24. The van der Waals surface area contributed by atoms with Gasteiger partial charge in [0, 0.05) is 17.5 Å². The first-order chi connectivity index (χ1) is 6.70. The van der Waals surface area contributed by atoms with Crippen molar-refractivity contribution in [3.8, 4) is 0 Å². The summed E-state index contributed by atoms with van der Waals surface area (Å²) in [4.78, 5) is 14.1. The number of benzene rings is 1. The summed E-state index contributed by atoms with van der Waals surface area (Å²) in [7, 11) is 0. The quantitative estimate of drug-likeness (QED) is 0.650. The molecule has 70 valence electrons. The minimum Gasteiger partial charge on any atom is -0.296 e. The summed E-state index contributed by atoms with van der Waals surface area (Å²) in [6, 6.07) is 4.66. The molecule has 14 heavy (non-hydrogen) atoms. The molecule has 0 atom stereocenters. The van der Waals surface area contributed by atoms with Crippen LogP contribution in [0.4, 0.5) is 8.78 Å². The molecule has 0 unspecified atom stereocenters. The zero-order valence-corrected chi connectivity index (χ0v) is 7.00. The lowest BCUT2D eigenvalue weighted by Gasteiger charge is -1.99. The fraction of sp³-hybridized carbons (Fsp3) is 0. The van der Waals surface area contributed by atoms with Crippen LogP contribution in [0.1, 0.15) is 10.5 Å². The minimum atomic E-state index is -0.703. The summed E-state index contributed by atoms with van der Waals surface area (Å²) < 4.78 is 25.9. The molecular weight excluding hydrogens is 188 g/mol. The first kappa shape index (κ1) is 8.74. The van der Waals surface area contributed by atoms with Gasteiger partial charge in [-0.3, -0.25) is 4.79 Å². The van der Waals surface area contributed by atoms with Gasteiger partial charge in [-0.05, 0) is 12.1 Å². The average Bonchev–Trinajstić information content (AvgIpc) is 2.16. The van der Waals surface area contributed by atoms with E-state index in [1.807, 2.05) is 0 Å². The predicted molar refractivity (Wildman–Crippen MR) is 47.0 cm³/mol. The number of aldehydes is 1. The Hall–Kier alpha value is -1.84. The van der Waals surface area contributed by atoms with Crippen LogP contribution < -0.4 is 0 Å². The maximum atomic E-state index is 13.1. The molecule has 4 heteroatoms. The molecule has 0 fully saturated rings. The fourth-order valence-electron chi connectivity index (χ4n) is 1.24. The molecule has 0 aliphatic carbocycles. The molecule has 1 heterocycles. The van der Waals surface area contributed by atoms with Gasteiger partial charge in [-0.15, -0.1) is 0 Å². The van der Waals surface area contributed by atoms with E-state index in [1.165, 1.54) is 12.1 Å². The van der Waals surface area contributed by atoms with Crippen molar-refractivity contribution in [1.29, 1.82) is 0 Å². The second-order valence-corrected chi connectivity index (χ2v) is 2.81. The molecule has 1 aromatic carbocycles. The Labute approximate surface area is 78.2 Å². The van der Waals surface area contributed by atoms with Gasteiger partial charge in [0.25, 0.3) is 0 Å². The number of hydrogen-bond acceptors (Lipinski definition) is 2. The van der Waals surface area contributed by atoms with Crippen LogP contribution in [0.2, 0.25) is 0 Å². The van der Waals surface area contributed by atoms with Crippen molar-refractivity contribution in [2.75, 3.05) is 0 Å². The highest BCUT2D eigenvalue weighted by Crippen LogP contribution is 2.17. The standard InChI is InChI=1S/C10H5F2NO/c11-6-3-9(12)8-2-1-7(5-14)13-10(8)4-6/h1-5H. The minimum absolute atomic E-state index is 0.145. The van der Waals surface area contributed by atoms with E-state index in [0.29, 0.717) is 6.29 Å². The predicted octanol–water partition coefficient (Wildman–Crippen LogP) is 2.33. The summed E-state index contributed by atoms with van der Waals surface area (Å²) >= 11 is 0. The van der Waals surface area contributed by atoms with Gasteiger partial charge >= 0.3 is 0 Å². The molecule has 0 saturated heterocycles. The van der Waals surface area contributed by atoms with E-state index in [4.69, 9.17) is 0 Å². The first-order valence-corrected chi connectivity index (χ1v) is 3.91. The van der Waals surface area contributed by atoms with Gasteiger partial charge in [-0.2, -0.15) is 0 Å². The Morgan fingerprint density at radius 1 is 1.21 bits per heavy atom. The maximum Gasteiger partial charge on any atom is 0.168 e. The van der Waals surface area contributed by atoms with Crippen molar-refractivity contribution < 1.29 is 13.6 Å². The van der Waals surface area contributed by atoms with Gasteiger partial charge in [0.15, 0.2) is 6.29 Å². The topological polar surface area (TPSA) is 30.0 Å². The number of hydrogen-bond donors (Lipinski definition) is 0. The van der Waals surface area contributed by atoms with Crippen LogP contribution in [0.5, 0.6) is 0 Å². The molecule has 0 spiro atoms. The summed E-state index contributed by atoms with van der Waals surface area (Å²) in [6.45, 7) is 0. The third-order valence-electron chi connectivity index (χ3n) is 1.86. The van der Waals surface area contributed by atoms with Crippen molar-refractivity contribution >= 4 is 17.2 Å². The van der Waals surface area contributed by atoms with E-state index in [1.54, 1.807) is 0 Å². The Balaban J connectivity index is 2.81. The molecular formula is C10H5F2NO. The van der Waals surface area contributed by atoms with Gasteiger partial charge in [0.2, 0.25) is 0 Å². The molecule has 0 amide bonds. The normalized spacial score (nSPS) is 10.4. The zero-order chi connectivity index (χ0) is 10.1. The van der Waals surface area contributed by atoms with E-state index in [2.05, 4.69) is 4.98 Å². The highest BCUT2D eigenvalue weighted by atomic mass is 19.1. The van der Waals surface area contributed by atoms with Gasteiger partial charge in [0.1, 0.15) is 17.3 Å². The van der Waals surface area contributed by atoms with Gasteiger partial charge < -0.3 is 0 Å². The third kappa shape index (κ3) is 1.35. The summed E-state index contributed by atoms with van der Waals surface area (Å²) in [6.07, 6.45) is 0.530. The molecule has 0 bridgehead atoms. The lowest BCUT2D eigenvalue weighted by atomic mass is 10.2. The first-order valence-electron chi connectivity index (χ1n) is 3.91. The van der Waals surface area contributed by atoms with Gasteiger partial charge in [0.05, 0.1) is 5.52 Å². The summed E-state index contributed by atoms with van der Waals surface area (Å²) in [5.74, 6) is -1.38. The Morgan fingerprint density at radius 2 is 2.00 bits per heavy atom. The van der Waals surface area contributed by atoms with Crippen LogP contribution in [0.3, 0.4) is 0 Å². The van der Waals surface area contributed by atoms with Crippen molar-refractivity contribution in [2.45, 2.75) is 0 Å². The lowest BCUT2D eigenvalue weighted by Crippen LogP contribution is -1.90. The van der Waals surface area contributed by atoms with Crippen LogP contribution in [-0.2, 0) is 0 Å². The number of pyridine rings is 1. The van der Waals surface area contributed by atoms with Gasteiger partial charge in [-0.25, -0.2) is 13.8 Å². The van der Waals surface area contributed by atoms with Crippen molar-refractivity contribution in [2.24, 2.45) is 0 Å². The maximum absolute atomic E-state index is 13.1. The molecule has 0 N–H and O–H groups in total. The van der Waals surface area contributed by atoms with E-state index in [0.717, 1.165) is 12.1 Å². The number of halogens is 2. The molecule has 0 saturated carbocycles. The lowest BCUT2D eigenvalue weighted by molar-refractivity contribution is 0.111. The van der Waals surface area contributed by atoms with E-state index < -0.39 is 11.6 Å². The number of rotatable bonds is 1. The van der Waals surface area contributed by atoms with Crippen LogP contribution in [0.15, 0.2) is 24.3 Å². The van der Waals surface area contributed by atoms with Crippen molar-refractivity contribution in [1.82, 2.24) is 4.98 Å². The second kappa shape index (κ2) is 3.14. The molecule has 0 radical (unpaired) electrons. The van der Waals surface area contributed by atoms with Crippen LogP contribution in [0, 0.1) is 11.6 Å². The Morgan fingerprint density at radius 3 is 2.71 bits per heavy atom. The van der Waals surface area contributed by atoms with E-state index in [9.17, 15) is 13.6 Å². The summed E-state index contributed by atoms with van der Waals surface area (Å²) in [5, 5.41) is 0.206. The van der Waals surface area contributed by atoms with Crippen molar-refractivity contribution in [3.63, 3.8) is 0 Å². The number of aromatic nitrogens is 1. The number of nitrogens with zero attached hydrogens (tertiary/aromatic N) is 1. The van der Waals surface area contributed by atoms with Crippen LogP contribution >= 0.6 is 0 Å². The van der Waals surface area contributed by atoms with Gasteiger partial charge in [-0.1, -0.05) is 0 Å². The van der Waals surface area contributed by atoms with Crippen LogP contribution in [0.25, 0.3) is 10.9 Å². The Bertz CT molecular complexity index is 511. The zero-order valence-electron chi connectivity index (χ0n) is 7.00. The largest absolute Gasteiger partial charge is 0.296 e. The molecule has 2 rings (SSSR count). The number of carbonyl (C=O) groups excluding carboxylic acids is 1. The Kier molecular flexibility index (Phi) is 1.96. The number of fused-ring (bicyclic) bond motifs is 1. The second-order valence-electron chi connectivity index (χ2n) is 2.81. The van der Waals surface area contributed by atoms with E-state index >= 15 is 0 Å². The SMILES string of the molecule is O=Cc1ccc2c(F)cc(F)cc2n1. The average molecular weight is 193 g/mol. The molecule has 0 aliphatic heterocycles. The molecule has 1 aromatic heterocycles. The van der Waals surface area contributed by atoms with Crippen LogP contribution in [-0.4, -0.2) is 11.3 Å². The molecule has 2 aromatic rings. The summed E-state index contributed by atoms with van der Waals surface area (Å²) in [5.41, 5.74) is 0.301. The smallest absolute Gasteiger partial charge is 0.168 e. The molecule has 0 aliphatic rings. The monoisotopic (exact) mass is 193 g/mol. The third-order valence-corrected chi connectivity index (χ3v) is 1.86. The highest BCUT2D eigenvalue weighted by molar-refractivity contribution is 5.83.